The van der Waals surface area contributed by atoms with Crippen LogP contribution < -0.4 is 0 Å². The van der Waals surface area contributed by atoms with Crippen molar-refractivity contribution in [3.63, 3.8) is 0 Å². The number of likely N-dealkylation sites (N-methyl/N-ethyl adjacent to an activating group) is 1. The fourth-order valence-electron chi connectivity index (χ4n) is 1.38. The van der Waals surface area contributed by atoms with Crippen molar-refractivity contribution in [1.29, 1.82) is 0 Å². The maximum absolute atomic E-state index is 9.48. The van der Waals surface area contributed by atoms with Crippen LogP contribution in [0.4, 0.5) is 0 Å². The van der Waals surface area contributed by atoms with Crippen molar-refractivity contribution in [2.24, 2.45) is 0 Å². The Hall–Kier alpha value is -0.200. The SMILES string of the molecule is COCCOCCCN(C)CC(O)COC. The number of rotatable bonds is 11. The third kappa shape index (κ3) is 10.3. The Morgan fingerprint density at radius 3 is 2.50 bits per heavy atom. The molecule has 1 unspecified atom stereocenters. The van der Waals surface area contributed by atoms with Gasteiger partial charge < -0.3 is 24.2 Å². The molecule has 0 aliphatic rings. The van der Waals surface area contributed by atoms with Crippen LogP contribution in [0.15, 0.2) is 0 Å². The third-order valence-electron chi connectivity index (χ3n) is 2.14. The lowest BCUT2D eigenvalue weighted by atomic mass is 10.3. The van der Waals surface area contributed by atoms with Crippen molar-refractivity contribution in [2.75, 3.05) is 60.8 Å². The zero-order valence-electron chi connectivity index (χ0n) is 10.6. The summed E-state index contributed by atoms with van der Waals surface area (Å²) in [5, 5.41) is 9.48. The molecule has 0 saturated carbocycles. The van der Waals surface area contributed by atoms with Gasteiger partial charge in [-0.15, -0.1) is 0 Å². The molecule has 0 aromatic carbocycles. The van der Waals surface area contributed by atoms with Gasteiger partial charge in [-0.1, -0.05) is 0 Å². The maximum atomic E-state index is 9.48. The summed E-state index contributed by atoms with van der Waals surface area (Å²) in [5.74, 6) is 0. The fourth-order valence-corrected chi connectivity index (χ4v) is 1.38. The molecule has 0 saturated heterocycles. The lowest BCUT2D eigenvalue weighted by Crippen LogP contribution is -2.33. The number of ether oxygens (including phenoxy) is 3. The van der Waals surface area contributed by atoms with E-state index in [1.807, 2.05) is 7.05 Å². The molecule has 0 rings (SSSR count). The lowest BCUT2D eigenvalue weighted by molar-refractivity contribution is 0.0379. The Kier molecular flexibility index (Phi) is 11.1. The van der Waals surface area contributed by atoms with Crippen LogP contribution in [0.25, 0.3) is 0 Å². The Labute approximate surface area is 98.3 Å². The van der Waals surface area contributed by atoms with Gasteiger partial charge in [0.25, 0.3) is 0 Å². The summed E-state index contributed by atoms with van der Waals surface area (Å²) >= 11 is 0. The molecule has 0 aromatic rings. The molecule has 0 radical (unpaired) electrons. The van der Waals surface area contributed by atoms with Gasteiger partial charge in [-0.2, -0.15) is 0 Å². The van der Waals surface area contributed by atoms with Crippen LogP contribution in [0.2, 0.25) is 0 Å². The number of hydrogen-bond acceptors (Lipinski definition) is 5. The molecule has 0 aliphatic heterocycles. The number of aliphatic hydroxyl groups is 1. The molecule has 98 valence electrons. The average Bonchev–Trinajstić information content (AvgIpc) is 2.23. The molecule has 5 nitrogen and oxygen atoms in total. The van der Waals surface area contributed by atoms with Crippen molar-refractivity contribution in [3.05, 3.63) is 0 Å². The number of hydrogen-bond donors (Lipinski definition) is 1. The molecule has 0 aromatic heterocycles. The van der Waals surface area contributed by atoms with E-state index in [1.165, 1.54) is 0 Å². The molecule has 0 aliphatic carbocycles. The maximum Gasteiger partial charge on any atom is 0.0899 e. The largest absolute Gasteiger partial charge is 0.389 e. The Morgan fingerprint density at radius 2 is 1.88 bits per heavy atom. The molecule has 0 bridgehead atoms. The number of nitrogens with zero attached hydrogens (tertiary/aromatic N) is 1. The first-order chi connectivity index (χ1) is 7.70. The standard InChI is InChI=1S/C11H25NO4/c1-12(9-11(13)10-15-3)5-4-6-16-8-7-14-2/h11,13H,4-10H2,1-3H3. The Morgan fingerprint density at radius 1 is 1.12 bits per heavy atom. The second kappa shape index (κ2) is 11.3. The molecular weight excluding hydrogens is 210 g/mol. The Bertz CT molecular complexity index is 146. The summed E-state index contributed by atoms with van der Waals surface area (Å²) in [6, 6.07) is 0. The van der Waals surface area contributed by atoms with E-state index in [9.17, 15) is 5.11 Å². The van der Waals surface area contributed by atoms with Crippen molar-refractivity contribution < 1.29 is 19.3 Å². The van der Waals surface area contributed by atoms with Crippen LogP contribution in [-0.2, 0) is 14.2 Å². The van der Waals surface area contributed by atoms with E-state index in [0.717, 1.165) is 19.6 Å². The monoisotopic (exact) mass is 235 g/mol. The number of aliphatic hydroxyl groups excluding tert-OH is 1. The molecule has 0 amide bonds. The highest BCUT2D eigenvalue weighted by Crippen LogP contribution is 1.93. The van der Waals surface area contributed by atoms with E-state index >= 15 is 0 Å². The van der Waals surface area contributed by atoms with Gasteiger partial charge >= 0.3 is 0 Å². The van der Waals surface area contributed by atoms with Crippen LogP contribution in [0.5, 0.6) is 0 Å². The van der Waals surface area contributed by atoms with Gasteiger partial charge in [-0.05, 0) is 13.5 Å². The van der Waals surface area contributed by atoms with Gasteiger partial charge in [0.15, 0.2) is 0 Å². The first kappa shape index (κ1) is 15.8. The van der Waals surface area contributed by atoms with E-state index in [2.05, 4.69) is 4.90 Å². The molecule has 1 atom stereocenters. The van der Waals surface area contributed by atoms with Gasteiger partial charge in [-0.3, -0.25) is 0 Å². The summed E-state index contributed by atoms with van der Waals surface area (Å²) in [6.45, 7) is 3.94. The normalized spacial score (nSPS) is 13.3. The van der Waals surface area contributed by atoms with Crippen LogP contribution in [0, 0.1) is 0 Å². The van der Waals surface area contributed by atoms with Crippen LogP contribution in [0.1, 0.15) is 6.42 Å². The zero-order valence-corrected chi connectivity index (χ0v) is 10.6. The van der Waals surface area contributed by atoms with Gasteiger partial charge in [0.1, 0.15) is 0 Å². The number of methoxy groups -OCH3 is 2. The third-order valence-corrected chi connectivity index (χ3v) is 2.14. The highest BCUT2D eigenvalue weighted by Gasteiger charge is 2.06. The molecule has 0 heterocycles. The van der Waals surface area contributed by atoms with Gasteiger partial charge in [0.2, 0.25) is 0 Å². The summed E-state index contributed by atoms with van der Waals surface area (Å²) in [4.78, 5) is 2.07. The molecule has 5 heteroatoms. The highest BCUT2D eigenvalue weighted by atomic mass is 16.5. The Balaban J connectivity index is 3.26. The first-order valence-corrected chi connectivity index (χ1v) is 5.63. The highest BCUT2D eigenvalue weighted by molar-refractivity contribution is 4.60. The fraction of sp³-hybridized carbons (Fsp3) is 1.00. The van der Waals surface area contributed by atoms with Crippen molar-refractivity contribution in [3.8, 4) is 0 Å². The molecule has 1 N–H and O–H groups in total. The topological polar surface area (TPSA) is 51.2 Å². The quantitative estimate of drug-likeness (QED) is 0.510. The first-order valence-electron chi connectivity index (χ1n) is 5.63. The minimum Gasteiger partial charge on any atom is -0.389 e. The average molecular weight is 235 g/mol. The zero-order chi connectivity index (χ0) is 12.2. The molecular formula is C11H25NO4. The summed E-state index contributed by atoms with van der Waals surface area (Å²) < 4.78 is 15.1. The van der Waals surface area contributed by atoms with Crippen LogP contribution >= 0.6 is 0 Å². The predicted molar refractivity (Wildman–Crippen MR) is 62.7 cm³/mol. The second-order valence-corrected chi connectivity index (χ2v) is 3.83. The minimum absolute atomic E-state index is 0.384. The van der Waals surface area contributed by atoms with Crippen molar-refractivity contribution in [1.82, 2.24) is 4.90 Å². The van der Waals surface area contributed by atoms with Crippen molar-refractivity contribution >= 4 is 0 Å². The lowest BCUT2D eigenvalue weighted by Gasteiger charge is -2.19. The minimum atomic E-state index is -0.413. The van der Waals surface area contributed by atoms with E-state index in [4.69, 9.17) is 14.2 Å². The van der Waals surface area contributed by atoms with E-state index in [-0.39, 0.29) is 0 Å². The summed E-state index contributed by atoms with van der Waals surface area (Å²) in [7, 11) is 5.23. The summed E-state index contributed by atoms with van der Waals surface area (Å²) in [5.41, 5.74) is 0. The molecule has 16 heavy (non-hydrogen) atoms. The van der Waals surface area contributed by atoms with E-state index in [0.29, 0.717) is 26.4 Å². The molecule has 0 fully saturated rings. The van der Waals surface area contributed by atoms with Gasteiger partial charge in [0.05, 0.1) is 25.9 Å². The van der Waals surface area contributed by atoms with Crippen molar-refractivity contribution in [2.45, 2.75) is 12.5 Å². The summed E-state index contributed by atoms with van der Waals surface area (Å²) in [6.07, 6.45) is 0.546. The van der Waals surface area contributed by atoms with Crippen LogP contribution in [-0.4, -0.2) is 76.9 Å². The second-order valence-electron chi connectivity index (χ2n) is 3.83. The smallest absolute Gasteiger partial charge is 0.0899 e. The van der Waals surface area contributed by atoms with Gasteiger partial charge in [0, 0.05) is 33.9 Å². The van der Waals surface area contributed by atoms with Gasteiger partial charge in [-0.25, -0.2) is 0 Å². The molecule has 0 spiro atoms. The predicted octanol–water partition coefficient (Wildman–Crippen LogP) is -0.0214. The van der Waals surface area contributed by atoms with E-state index < -0.39 is 6.10 Å². The van der Waals surface area contributed by atoms with E-state index in [1.54, 1.807) is 14.2 Å². The van der Waals surface area contributed by atoms with Crippen LogP contribution in [0.3, 0.4) is 0 Å².